The van der Waals surface area contributed by atoms with E-state index >= 15 is 0 Å². The molecule has 1 saturated heterocycles. The minimum absolute atomic E-state index is 0.161. The number of carbonyl (C=O) groups is 1. The Morgan fingerprint density at radius 1 is 1.21 bits per heavy atom. The van der Waals surface area contributed by atoms with Crippen molar-refractivity contribution in [1.29, 1.82) is 0 Å². The zero-order chi connectivity index (χ0) is 20.4. The monoisotopic (exact) mass is 427 g/mol. The Balaban J connectivity index is 1.44. The lowest BCUT2D eigenvalue weighted by Crippen LogP contribution is -2.25. The SMILES string of the molecule is Cc1cccc(-c2nc(CC(=O)Nc3cccc(N4CCCS4(=O)=O)c3)cs2)c1. The number of hydrogen-bond donors (Lipinski definition) is 1. The van der Waals surface area contributed by atoms with E-state index in [2.05, 4.69) is 16.4 Å². The van der Waals surface area contributed by atoms with Crippen molar-refractivity contribution in [3.63, 3.8) is 0 Å². The quantitative estimate of drug-likeness (QED) is 0.671. The van der Waals surface area contributed by atoms with Gasteiger partial charge in [0, 0.05) is 23.2 Å². The lowest BCUT2D eigenvalue weighted by molar-refractivity contribution is -0.115. The maximum absolute atomic E-state index is 12.5. The number of sulfonamides is 1. The molecule has 0 atom stereocenters. The van der Waals surface area contributed by atoms with Crippen LogP contribution in [0.1, 0.15) is 17.7 Å². The number of nitrogens with one attached hydrogen (secondary N) is 1. The van der Waals surface area contributed by atoms with Crippen molar-refractivity contribution in [2.24, 2.45) is 0 Å². The maximum atomic E-state index is 12.5. The average molecular weight is 428 g/mol. The normalized spacial score (nSPS) is 15.4. The van der Waals surface area contributed by atoms with Gasteiger partial charge in [0.2, 0.25) is 15.9 Å². The fraction of sp³-hybridized carbons (Fsp3) is 0.238. The first-order chi connectivity index (χ1) is 13.9. The molecule has 4 rings (SSSR count). The molecule has 1 aliphatic rings. The molecule has 1 N–H and O–H groups in total. The van der Waals surface area contributed by atoms with Gasteiger partial charge < -0.3 is 5.32 Å². The van der Waals surface area contributed by atoms with Crippen LogP contribution in [0.25, 0.3) is 10.6 Å². The fourth-order valence-electron chi connectivity index (χ4n) is 3.34. The second-order valence-electron chi connectivity index (χ2n) is 7.03. The molecule has 1 amide bonds. The molecule has 29 heavy (non-hydrogen) atoms. The van der Waals surface area contributed by atoms with Crippen LogP contribution < -0.4 is 9.62 Å². The highest BCUT2D eigenvalue weighted by molar-refractivity contribution is 7.93. The molecule has 1 aliphatic heterocycles. The Kier molecular flexibility index (Phi) is 5.38. The van der Waals surface area contributed by atoms with Crippen LogP contribution in [-0.2, 0) is 21.2 Å². The van der Waals surface area contributed by atoms with Gasteiger partial charge in [0.25, 0.3) is 0 Å². The van der Waals surface area contributed by atoms with Crippen molar-refractivity contribution in [2.75, 3.05) is 21.9 Å². The van der Waals surface area contributed by atoms with Crippen molar-refractivity contribution in [1.82, 2.24) is 4.98 Å². The van der Waals surface area contributed by atoms with Crippen LogP contribution in [0.3, 0.4) is 0 Å². The Hall–Kier alpha value is -2.71. The van der Waals surface area contributed by atoms with E-state index in [4.69, 9.17) is 0 Å². The number of hydrogen-bond acceptors (Lipinski definition) is 5. The number of aromatic nitrogens is 1. The molecule has 0 aliphatic carbocycles. The summed E-state index contributed by atoms with van der Waals surface area (Å²) < 4.78 is 25.6. The number of rotatable bonds is 5. The van der Waals surface area contributed by atoms with E-state index in [1.807, 2.05) is 30.5 Å². The van der Waals surface area contributed by atoms with Gasteiger partial charge in [0.1, 0.15) is 5.01 Å². The number of carbonyl (C=O) groups excluding carboxylic acids is 1. The summed E-state index contributed by atoms with van der Waals surface area (Å²) in [4.78, 5) is 17.0. The lowest BCUT2D eigenvalue weighted by Gasteiger charge is -2.17. The second-order valence-corrected chi connectivity index (χ2v) is 9.90. The van der Waals surface area contributed by atoms with Crippen molar-refractivity contribution in [3.05, 3.63) is 65.2 Å². The van der Waals surface area contributed by atoms with E-state index in [0.29, 0.717) is 30.0 Å². The molecule has 2 aromatic carbocycles. The molecule has 0 saturated carbocycles. The summed E-state index contributed by atoms with van der Waals surface area (Å²) >= 11 is 1.51. The summed E-state index contributed by atoms with van der Waals surface area (Å²) in [6, 6.07) is 15.0. The van der Waals surface area contributed by atoms with Gasteiger partial charge in [-0.05, 0) is 37.6 Å². The molecular formula is C21H21N3O3S2. The third kappa shape index (κ3) is 4.49. The Morgan fingerprint density at radius 2 is 2.03 bits per heavy atom. The number of amides is 1. The minimum atomic E-state index is -3.25. The first-order valence-corrected chi connectivity index (χ1v) is 11.8. The van der Waals surface area contributed by atoms with Crippen LogP contribution in [0, 0.1) is 6.92 Å². The van der Waals surface area contributed by atoms with Crippen LogP contribution >= 0.6 is 11.3 Å². The number of aryl methyl sites for hydroxylation is 1. The van der Waals surface area contributed by atoms with Crippen LogP contribution in [0.2, 0.25) is 0 Å². The zero-order valence-corrected chi connectivity index (χ0v) is 17.6. The van der Waals surface area contributed by atoms with E-state index in [9.17, 15) is 13.2 Å². The predicted molar refractivity (Wildman–Crippen MR) is 117 cm³/mol. The lowest BCUT2D eigenvalue weighted by atomic mass is 10.1. The van der Waals surface area contributed by atoms with Crippen molar-refractivity contribution in [2.45, 2.75) is 19.8 Å². The first-order valence-electron chi connectivity index (χ1n) is 9.32. The maximum Gasteiger partial charge on any atom is 0.235 e. The summed E-state index contributed by atoms with van der Waals surface area (Å²) in [6.45, 7) is 2.51. The molecule has 0 bridgehead atoms. The summed E-state index contributed by atoms with van der Waals surface area (Å²) in [5.74, 6) is -0.0241. The number of anilines is 2. The van der Waals surface area contributed by atoms with Gasteiger partial charge in [0.05, 0.1) is 23.6 Å². The van der Waals surface area contributed by atoms with Crippen molar-refractivity contribution < 1.29 is 13.2 Å². The van der Waals surface area contributed by atoms with Gasteiger partial charge >= 0.3 is 0 Å². The number of nitrogens with zero attached hydrogens (tertiary/aromatic N) is 2. The smallest absolute Gasteiger partial charge is 0.235 e. The molecular weight excluding hydrogens is 406 g/mol. The van der Waals surface area contributed by atoms with Crippen LogP contribution in [0.15, 0.2) is 53.9 Å². The predicted octanol–water partition coefficient (Wildman–Crippen LogP) is 3.84. The Bertz CT molecular complexity index is 1160. The number of thiazole rings is 1. The van der Waals surface area contributed by atoms with E-state index in [1.54, 1.807) is 24.3 Å². The van der Waals surface area contributed by atoms with Gasteiger partial charge in [-0.1, -0.05) is 29.8 Å². The topological polar surface area (TPSA) is 79.4 Å². The molecule has 150 valence electrons. The van der Waals surface area contributed by atoms with E-state index in [-0.39, 0.29) is 18.1 Å². The van der Waals surface area contributed by atoms with E-state index < -0.39 is 10.0 Å². The van der Waals surface area contributed by atoms with E-state index in [1.165, 1.54) is 15.6 Å². The van der Waals surface area contributed by atoms with E-state index in [0.717, 1.165) is 16.1 Å². The molecule has 0 unspecified atom stereocenters. The molecule has 0 radical (unpaired) electrons. The summed E-state index contributed by atoms with van der Waals surface area (Å²) in [5, 5.41) is 5.62. The molecule has 8 heteroatoms. The third-order valence-electron chi connectivity index (χ3n) is 4.68. The molecule has 0 spiro atoms. The fourth-order valence-corrected chi connectivity index (χ4v) is 5.71. The molecule has 3 aromatic rings. The van der Waals surface area contributed by atoms with Gasteiger partial charge in [-0.2, -0.15) is 0 Å². The second kappa shape index (κ2) is 7.96. The molecule has 2 heterocycles. The summed E-state index contributed by atoms with van der Waals surface area (Å²) in [6.07, 6.45) is 0.778. The van der Waals surface area contributed by atoms with Crippen LogP contribution in [-0.4, -0.2) is 31.6 Å². The van der Waals surface area contributed by atoms with Gasteiger partial charge in [-0.25, -0.2) is 13.4 Å². The van der Waals surface area contributed by atoms with Crippen molar-refractivity contribution >= 4 is 38.6 Å². The first kappa shape index (κ1) is 19.6. The molecule has 1 aromatic heterocycles. The van der Waals surface area contributed by atoms with Crippen molar-refractivity contribution in [3.8, 4) is 10.6 Å². The Labute approximate surface area is 174 Å². The highest BCUT2D eigenvalue weighted by Gasteiger charge is 2.28. The highest BCUT2D eigenvalue weighted by atomic mass is 32.2. The largest absolute Gasteiger partial charge is 0.326 e. The van der Waals surface area contributed by atoms with Crippen LogP contribution in [0.4, 0.5) is 11.4 Å². The van der Waals surface area contributed by atoms with Gasteiger partial charge in [-0.3, -0.25) is 9.10 Å². The van der Waals surface area contributed by atoms with Crippen LogP contribution in [0.5, 0.6) is 0 Å². The average Bonchev–Trinajstić information content (AvgIpc) is 3.27. The summed E-state index contributed by atoms with van der Waals surface area (Å²) in [5.41, 5.74) is 4.07. The number of benzene rings is 2. The van der Waals surface area contributed by atoms with Gasteiger partial charge in [-0.15, -0.1) is 11.3 Å². The minimum Gasteiger partial charge on any atom is -0.326 e. The zero-order valence-electron chi connectivity index (χ0n) is 16.0. The molecule has 6 nitrogen and oxygen atoms in total. The van der Waals surface area contributed by atoms with Gasteiger partial charge in [0.15, 0.2) is 0 Å². The molecule has 1 fully saturated rings. The highest BCUT2D eigenvalue weighted by Crippen LogP contribution is 2.27. The standard InChI is InChI=1S/C21H21N3O3S2/c1-15-5-2-6-16(11-15)21-23-18(14-28-21)13-20(25)22-17-7-3-8-19(12-17)24-9-4-10-29(24,26)27/h2-3,5-8,11-12,14H,4,9-10,13H2,1H3,(H,22,25). The summed E-state index contributed by atoms with van der Waals surface area (Å²) in [7, 11) is -3.25. The Morgan fingerprint density at radius 3 is 2.79 bits per heavy atom. The third-order valence-corrected chi connectivity index (χ3v) is 7.49.